The monoisotopic (exact) mass is 530 g/mol. The average molecular weight is 531 g/mol. The van der Waals surface area contributed by atoms with Crippen molar-refractivity contribution in [1.82, 2.24) is 19.9 Å². The second kappa shape index (κ2) is 14.5. The summed E-state index contributed by atoms with van der Waals surface area (Å²) in [5, 5.41) is 23.8. The molecule has 3 heterocycles. The number of alkyl halides is 1. The second-order valence-corrected chi connectivity index (χ2v) is 9.58. The van der Waals surface area contributed by atoms with Gasteiger partial charge in [0.15, 0.2) is 5.82 Å². The van der Waals surface area contributed by atoms with Gasteiger partial charge in [-0.25, -0.2) is 24.1 Å². The third-order valence-electron chi connectivity index (χ3n) is 6.50. The molecule has 208 valence electrons. The molecule has 2 aromatic rings. The SMILES string of the molecule is COC[C@@H](F)CN(CCCCc1ccc2c(n1)NCCC2)CC[C@H](Nc1ncnc(C(C)=N)c1N)C(=O)O. The number of aliphatic carboxylic acids is 1. The number of hydrogen-bond acceptors (Lipinski definition) is 10. The van der Waals surface area contributed by atoms with E-state index in [2.05, 4.69) is 32.7 Å². The van der Waals surface area contributed by atoms with Crippen LogP contribution in [0.4, 0.5) is 21.7 Å². The Kier molecular flexibility index (Phi) is 11.2. The molecule has 3 rings (SSSR count). The second-order valence-electron chi connectivity index (χ2n) is 9.58. The Morgan fingerprint density at radius 1 is 1.34 bits per heavy atom. The van der Waals surface area contributed by atoms with Crippen LogP contribution in [0.2, 0.25) is 0 Å². The van der Waals surface area contributed by atoms with Gasteiger partial charge in [0, 0.05) is 32.4 Å². The van der Waals surface area contributed by atoms with Crippen LogP contribution in [0.5, 0.6) is 0 Å². The molecule has 0 bridgehead atoms. The van der Waals surface area contributed by atoms with Crippen molar-refractivity contribution < 1.29 is 19.0 Å². The molecule has 11 nitrogen and oxygen atoms in total. The number of carboxylic acids is 1. The average Bonchev–Trinajstić information content (AvgIpc) is 2.89. The van der Waals surface area contributed by atoms with Crippen LogP contribution < -0.4 is 16.4 Å². The standard InChI is InChI=1S/C26H39FN8O3/c1-17(28)23-22(29)25(32-16-31-23)34-21(26(36)37)10-13-35(14-19(27)15-38-2)12-4-3-7-20-9-8-18-6-5-11-30-24(18)33-20/h8-9,16,19,21,28H,3-7,10-15,29H2,1-2H3,(H,30,33)(H,36,37)(H,31,32,34)/t19-,21-/m0/s1. The van der Waals surface area contributed by atoms with Gasteiger partial charge < -0.3 is 36.5 Å². The molecule has 0 amide bonds. The molecular formula is C26H39FN8O3. The smallest absolute Gasteiger partial charge is 0.326 e. The number of fused-ring (bicyclic) bond motifs is 1. The first kappa shape index (κ1) is 29.2. The number of ether oxygens (including phenoxy) is 1. The van der Waals surface area contributed by atoms with E-state index < -0.39 is 18.2 Å². The molecule has 0 aromatic carbocycles. The van der Waals surface area contributed by atoms with Crippen molar-refractivity contribution in [3.63, 3.8) is 0 Å². The van der Waals surface area contributed by atoms with Gasteiger partial charge in [-0.1, -0.05) is 6.07 Å². The number of unbranched alkanes of at least 4 members (excludes halogenated alkanes) is 1. The quantitative estimate of drug-likeness (QED) is 0.161. The van der Waals surface area contributed by atoms with E-state index in [0.29, 0.717) is 13.1 Å². The molecule has 0 aliphatic carbocycles. The minimum Gasteiger partial charge on any atom is -0.480 e. The Labute approximate surface area is 222 Å². The third-order valence-corrected chi connectivity index (χ3v) is 6.50. The number of nitrogen functional groups attached to an aromatic ring is 1. The van der Waals surface area contributed by atoms with E-state index in [-0.39, 0.29) is 42.5 Å². The first-order valence-corrected chi connectivity index (χ1v) is 13.0. The fourth-order valence-electron chi connectivity index (χ4n) is 4.50. The minimum atomic E-state index is -1.18. The molecule has 0 spiro atoms. The zero-order chi connectivity index (χ0) is 27.5. The van der Waals surface area contributed by atoms with E-state index >= 15 is 0 Å². The van der Waals surface area contributed by atoms with Gasteiger partial charge in [-0.2, -0.15) is 0 Å². The van der Waals surface area contributed by atoms with Gasteiger partial charge in [0.1, 0.15) is 35.7 Å². The summed E-state index contributed by atoms with van der Waals surface area (Å²) in [5.41, 5.74) is 8.86. The summed E-state index contributed by atoms with van der Waals surface area (Å²) < 4.78 is 19.4. The summed E-state index contributed by atoms with van der Waals surface area (Å²) in [7, 11) is 1.46. The Hall–Kier alpha value is -3.38. The number of halogens is 1. The van der Waals surface area contributed by atoms with Crippen LogP contribution in [0.3, 0.4) is 0 Å². The number of nitrogens with zero attached hydrogens (tertiary/aromatic N) is 4. The van der Waals surface area contributed by atoms with Gasteiger partial charge in [-0.05, 0) is 63.6 Å². The lowest BCUT2D eigenvalue weighted by molar-refractivity contribution is -0.138. The lowest BCUT2D eigenvalue weighted by Gasteiger charge is -2.26. The number of carbonyl (C=O) groups is 1. The number of pyridine rings is 1. The van der Waals surface area contributed by atoms with Crippen molar-refractivity contribution >= 4 is 29.0 Å². The number of aryl methyl sites for hydroxylation is 2. The van der Waals surface area contributed by atoms with Gasteiger partial charge in [0.2, 0.25) is 0 Å². The first-order chi connectivity index (χ1) is 18.3. The third kappa shape index (κ3) is 8.59. The van der Waals surface area contributed by atoms with Crippen LogP contribution in [0.25, 0.3) is 0 Å². The Morgan fingerprint density at radius 2 is 2.16 bits per heavy atom. The molecule has 2 aromatic heterocycles. The Balaban J connectivity index is 1.57. The summed E-state index contributed by atoms with van der Waals surface area (Å²) >= 11 is 0. The predicted molar refractivity (Wildman–Crippen MR) is 146 cm³/mol. The predicted octanol–water partition coefficient (Wildman–Crippen LogP) is 2.76. The first-order valence-electron chi connectivity index (χ1n) is 13.0. The van der Waals surface area contributed by atoms with Gasteiger partial charge in [0.25, 0.3) is 0 Å². The van der Waals surface area contributed by atoms with Crippen LogP contribution in [-0.4, -0.2) is 88.7 Å². The van der Waals surface area contributed by atoms with E-state index in [1.165, 1.54) is 19.0 Å². The van der Waals surface area contributed by atoms with Crippen molar-refractivity contribution in [2.75, 3.05) is 56.3 Å². The molecule has 1 aliphatic heterocycles. The minimum absolute atomic E-state index is 0.0215. The van der Waals surface area contributed by atoms with E-state index in [1.54, 1.807) is 6.92 Å². The maximum atomic E-state index is 14.4. The zero-order valence-corrected chi connectivity index (χ0v) is 22.2. The number of nitrogens with two attached hydrogens (primary N) is 1. The zero-order valence-electron chi connectivity index (χ0n) is 22.2. The number of nitrogens with one attached hydrogen (secondary N) is 3. The summed E-state index contributed by atoms with van der Waals surface area (Å²) in [6.45, 7) is 3.59. The van der Waals surface area contributed by atoms with Crippen molar-refractivity contribution in [3.05, 3.63) is 35.4 Å². The van der Waals surface area contributed by atoms with Crippen LogP contribution >= 0.6 is 0 Å². The molecule has 0 radical (unpaired) electrons. The maximum Gasteiger partial charge on any atom is 0.326 e. The number of rotatable bonds is 16. The highest BCUT2D eigenvalue weighted by Gasteiger charge is 2.23. The van der Waals surface area contributed by atoms with Crippen molar-refractivity contribution in [2.24, 2.45) is 0 Å². The van der Waals surface area contributed by atoms with Crippen LogP contribution in [0.1, 0.15) is 49.6 Å². The number of hydrogen-bond donors (Lipinski definition) is 5. The number of anilines is 3. The van der Waals surface area contributed by atoms with Crippen LogP contribution in [0.15, 0.2) is 18.5 Å². The molecular weight excluding hydrogens is 491 g/mol. The summed E-state index contributed by atoms with van der Waals surface area (Å²) in [5.74, 6) is 0.0712. The molecule has 0 fully saturated rings. The van der Waals surface area contributed by atoms with Crippen LogP contribution in [-0.2, 0) is 22.4 Å². The lowest BCUT2D eigenvalue weighted by atomic mass is 10.1. The number of methoxy groups -OCH3 is 1. The van der Waals surface area contributed by atoms with E-state index in [0.717, 1.165) is 50.2 Å². The normalized spacial score (nSPS) is 14.4. The molecule has 12 heteroatoms. The number of carboxylic acid groups (broad SMARTS) is 1. The van der Waals surface area contributed by atoms with E-state index in [9.17, 15) is 14.3 Å². The molecule has 1 aliphatic rings. The Bertz CT molecular complexity index is 1090. The van der Waals surface area contributed by atoms with Crippen LogP contribution in [0, 0.1) is 5.41 Å². The maximum absolute atomic E-state index is 14.4. The summed E-state index contributed by atoms with van der Waals surface area (Å²) in [6, 6.07) is 3.22. The van der Waals surface area contributed by atoms with Crippen molar-refractivity contribution in [3.8, 4) is 0 Å². The van der Waals surface area contributed by atoms with Gasteiger partial charge >= 0.3 is 5.97 Å². The summed E-state index contributed by atoms with van der Waals surface area (Å²) in [4.78, 5) is 26.7. The van der Waals surface area contributed by atoms with Gasteiger partial charge in [-0.3, -0.25) is 0 Å². The van der Waals surface area contributed by atoms with Crippen molar-refractivity contribution in [1.29, 1.82) is 5.41 Å². The molecule has 6 N–H and O–H groups in total. The number of aromatic nitrogens is 3. The fourth-order valence-corrected chi connectivity index (χ4v) is 4.50. The van der Waals surface area contributed by atoms with Crippen molar-refractivity contribution in [2.45, 2.75) is 57.7 Å². The fraction of sp³-hybridized carbons (Fsp3) is 0.577. The molecule has 38 heavy (non-hydrogen) atoms. The highest BCUT2D eigenvalue weighted by molar-refractivity contribution is 6.01. The van der Waals surface area contributed by atoms with Gasteiger partial charge in [0.05, 0.1) is 12.3 Å². The highest BCUT2D eigenvalue weighted by Crippen LogP contribution is 2.21. The highest BCUT2D eigenvalue weighted by atomic mass is 19.1. The summed E-state index contributed by atoms with van der Waals surface area (Å²) in [6.07, 6.45) is 4.96. The molecule has 0 unspecified atom stereocenters. The largest absolute Gasteiger partial charge is 0.480 e. The lowest BCUT2D eigenvalue weighted by Crippen LogP contribution is -2.39. The van der Waals surface area contributed by atoms with Gasteiger partial charge in [-0.15, -0.1) is 0 Å². The van der Waals surface area contributed by atoms with E-state index in [4.69, 9.17) is 20.9 Å². The van der Waals surface area contributed by atoms with E-state index in [1.807, 2.05) is 4.90 Å². The molecule has 0 saturated carbocycles. The molecule has 0 saturated heterocycles. The topological polar surface area (TPSA) is 162 Å². The molecule has 2 atom stereocenters. The Morgan fingerprint density at radius 3 is 2.89 bits per heavy atom.